The van der Waals surface area contributed by atoms with Gasteiger partial charge in [-0.05, 0) is 0 Å². The summed E-state index contributed by atoms with van der Waals surface area (Å²) >= 11 is 0. The monoisotopic (exact) mass is 338 g/mol. The van der Waals surface area contributed by atoms with Gasteiger partial charge >= 0.3 is 12.4 Å². The summed E-state index contributed by atoms with van der Waals surface area (Å²) in [4.78, 5) is 0. The molecule has 0 saturated heterocycles. The van der Waals surface area contributed by atoms with Crippen LogP contribution in [0.3, 0.4) is 0 Å². The Labute approximate surface area is 116 Å². The van der Waals surface area contributed by atoms with E-state index in [1.165, 1.54) is 0 Å². The molecule has 0 saturated carbocycles. The van der Waals surface area contributed by atoms with Gasteiger partial charge in [-0.1, -0.05) is 24.3 Å². The Morgan fingerprint density at radius 2 is 0.864 bits per heavy atom. The fourth-order valence-electron chi connectivity index (χ4n) is 1.35. The third kappa shape index (κ3) is 3.80. The number of hydrogen-bond acceptors (Lipinski definition) is 0. The molecule has 0 heterocycles. The first-order chi connectivity index (χ1) is 9.87. The second kappa shape index (κ2) is 6.01. The maximum atomic E-state index is 13.4. The number of halogens is 10. The first kappa shape index (κ1) is 18.1. The Balaban J connectivity index is 3.58. The van der Waals surface area contributed by atoms with E-state index in [0.717, 1.165) is 12.1 Å². The van der Waals surface area contributed by atoms with Crippen LogP contribution >= 0.6 is 0 Å². The molecule has 122 valence electrons. The number of allylic oxidation sites excluding steroid dienone is 2. The van der Waals surface area contributed by atoms with Crippen molar-refractivity contribution >= 4 is 11.7 Å². The zero-order valence-electron chi connectivity index (χ0n) is 10.1. The second-order valence-corrected chi connectivity index (χ2v) is 3.80. The lowest BCUT2D eigenvalue weighted by molar-refractivity contribution is -0.109. The Bertz CT molecular complexity index is 563. The van der Waals surface area contributed by atoms with Crippen molar-refractivity contribution in [1.29, 1.82) is 0 Å². The lowest BCUT2D eigenvalue weighted by Gasteiger charge is -2.10. The highest BCUT2D eigenvalue weighted by atomic mass is 19.4. The molecule has 0 aliphatic heterocycles. The average molecular weight is 338 g/mol. The van der Waals surface area contributed by atoms with E-state index in [0.29, 0.717) is 12.1 Å². The molecule has 1 aromatic rings. The van der Waals surface area contributed by atoms with E-state index >= 15 is 0 Å². The molecule has 0 unspecified atom stereocenters. The van der Waals surface area contributed by atoms with Crippen molar-refractivity contribution in [1.82, 2.24) is 0 Å². The lowest BCUT2D eigenvalue weighted by Crippen LogP contribution is -2.11. The highest BCUT2D eigenvalue weighted by Crippen LogP contribution is 2.40. The summed E-state index contributed by atoms with van der Waals surface area (Å²) in [6, 6.07) is 2.36. The fraction of sp³-hybridized carbons (Fsp3) is 0.167. The van der Waals surface area contributed by atoms with Gasteiger partial charge in [-0.3, -0.25) is 0 Å². The third-order valence-corrected chi connectivity index (χ3v) is 2.28. The fourth-order valence-corrected chi connectivity index (χ4v) is 1.35. The van der Waals surface area contributed by atoms with Crippen molar-refractivity contribution in [2.24, 2.45) is 0 Å². The van der Waals surface area contributed by atoms with Gasteiger partial charge in [0.05, 0.1) is 0 Å². The van der Waals surface area contributed by atoms with Crippen LogP contribution in [0.2, 0.25) is 0 Å². The van der Waals surface area contributed by atoms with Gasteiger partial charge in [0, 0.05) is 11.1 Å². The third-order valence-electron chi connectivity index (χ3n) is 2.28. The first-order valence-corrected chi connectivity index (χ1v) is 5.22. The van der Waals surface area contributed by atoms with Crippen LogP contribution in [-0.2, 0) is 0 Å². The summed E-state index contributed by atoms with van der Waals surface area (Å²) in [6.07, 6.45) is -11.6. The quantitative estimate of drug-likeness (QED) is 0.578. The van der Waals surface area contributed by atoms with Crippen LogP contribution in [0.25, 0.3) is 11.7 Å². The predicted molar refractivity (Wildman–Crippen MR) is 56.8 cm³/mol. The zero-order valence-corrected chi connectivity index (χ0v) is 10.1. The van der Waals surface area contributed by atoms with Gasteiger partial charge in [0.25, 0.3) is 0 Å². The van der Waals surface area contributed by atoms with E-state index in [9.17, 15) is 43.9 Å². The van der Waals surface area contributed by atoms with Crippen molar-refractivity contribution < 1.29 is 43.9 Å². The van der Waals surface area contributed by atoms with Crippen molar-refractivity contribution in [3.05, 3.63) is 47.0 Å². The molecule has 0 aliphatic rings. The number of hydrogen-bond donors (Lipinski definition) is 0. The van der Waals surface area contributed by atoms with E-state index in [1.807, 2.05) is 0 Å². The van der Waals surface area contributed by atoms with Gasteiger partial charge in [0.15, 0.2) is 11.7 Å². The Morgan fingerprint density at radius 1 is 0.591 bits per heavy atom. The van der Waals surface area contributed by atoms with E-state index in [4.69, 9.17) is 0 Å². The maximum absolute atomic E-state index is 13.4. The molecular weight excluding hydrogens is 334 g/mol. The van der Waals surface area contributed by atoms with E-state index in [1.54, 1.807) is 0 Å². The molecule has 1 rings (SSSR count). The van der Waals surface area contributed by atoms with Crippen LogP contribution < -0.4 is 0 Å². The second-order valence-electron chi connectivity index (χ2n) is 3.80. The van der Waals surface area contributed by atoms with E-state index in [2.05, 4.69) is 0 Å². The minimum absolute atomic E-state index is 0.374. The molecule has 0 aliphatic carbocycles. The van der Waals surface area contributed by atoms with Crippen LogP contribution in [0, 0.1) is 0 Å². The molecule has 22 heavy (non-hydrogen) atoms. The standard InChI is InChI=1S/C12H4F10/c13-7(9(15)11(17,18)19)5-3-1-2-4-6(5)8(14)10(16)12(20,21)22/h1-4H/b9-7-,10-8-. The number of benzene rings is 1. The summed E-state index contributed by atoms with van der Waals surface area (Å²) in [5, 5.41) is 0. The van der Waals surface area contributed by atoms with Crippen molar-refractivity contribution in [3.8, 4) is 0 Å². The smallest absolute Gasteiger partial charge is 0.203 e. The van der Waals surface area contributed by atoms with Gasteiger partial charge in [-0.2, -0.15) is 35.1 Å². The molecule has 0 radical (unpaired) electrons. The Hall–Kier alpha value is -2.00. The summed E-state index contributed by atoms with van der Waals surface area (Å²) in [5.74, 6) is -11.9. The molecular formula is C12H4F10. The largest absolute Gasteiger partial charge is 0.445 e. The Morgan fingerprint density at radius 3 is 1.09 bits per heavy atom. The Kier molecular flexibility index (Phi) is 4.93. The molecule has 0 nitrogen and oxygen atoms in total. The minimum atomic E-state index is -5.78. The SMILES string of the molecule is F/C(=C(\F)C(F)(F)F)c1ccccc1/C(F)=C(/F)C(F)(F)F. The minimum Gasteiger partial charge on any atom is -0.203 e. The van der Waals surface area contributed by atoms with Crippen LogP contribution in [0.4, 0.5) is 43.9 Å². The molecule has 0 atom stereocenters. The van der Waals surface area contributed by atoms with E-state index in [-0.39, 0.29) is 0 Å². The normalized spacial score (nSPS) is 15.4. The zero-order chi connectivity index (χ0) is 17.3. The van der Waals surface area contributed by atoms with Gasteiger partial charge in [-0.25, -0.2) is 8.78 Å². The topological polar surface area (TPSA) is 0 Å². The molecule has 1 aromatic carbocycles. The van der Waals surface area contributed by atoms with Crippen LogP contribution in [0.15, 0.2) is 35.9 Å². The molecule has 10 heteroatoms. The summed E-state index contributed by atoms with van der Waals surface area (Å²) in [6.45, 7) is 0. The van der Waals surface area contributed by atoms with Crippen molar-refractivity contribution in [3.63, 3.8) is 0 Å². The van der Waals surface area contributed by atoms with E-state index < -0.39 is 46.8 Å². The number of alkyl halides is 6. The summed E-state index contributed by atoms with van der Waals surface area (Å²) < 4.78 is 125. The molecule has 0 N–H and O–H groups in total. The first-order valence-electron chi connectivity index (χ1n) is 5.22. The van der Waals surface area contributed by atoms with Gasteiger partial charge in [0.1, 0.15) is 0 Å². The molecule has 0 spiro atoms. The van der Waals surface area contributed by atoms with Crippen molar-refractivity contribution in [2.45, 2.75) is 12.4 Å². The van der Waals surface area contributed by atoms with Gasteiger partial charge in [0.2, 0.25) is 11.7 Å². The van der Waals surface area contributed by atoms with Crippen LogP contribution in [0.1, 0.15) is 11.1 Å². The lowest BCUT2D eigenvalue weighted by atomic mass is 10.0. The predicted octanol–water partition coefficient (Wildman–Crippen LogP) is 6.03. The molecule has 0 amide bonds. The van der Waals surface area contributed by atoms with Crippen molar-refractivity contribution in [2.75, 3.05) is 0 Å². The molecule has 0 bridgehead atoms. The van der Waals surface area contributed by atoms with Gasteiger partial charge < -0.3 is 0 Å². The van der Waals surface area contributed by atoms with Crippen LogP contribution in [-0.4, -0.2) is 12.4 Å². The summed E-state index contributed by atoms with van der Waals surface area (Å²) in [7, 11) is 0. The molecule has 0 fully saturated rings. The molecule has 0 aromatic heterocycles. The highest BCUT2D eigenvalue weighted by molar-refractivity contribution is 5.76. The highest BCUT2D eigenvalue weighted by Gasteiger charge is 2.41. The van der Waals surface area contributed by atoms with Gasteiger partial charge in [-0.15, -0.1) is 0 Å². The maximum Gasteiger partial charge on any atom is 0.445 e. The summed E-state index contributed by atoms with van der Waals surface area (Å²) in [5.41, 5.74) is -3.01. The average Bonchev–Trinajstić information content (AvgIpc) is 2.42. The number of rotatable bonds is 2. The van der Waals surface area contributed by atoms with Crippen LogP contribution in [0.5, 0.6) is 0 Å².